The van der Waals surface area contributed by atoms with Gasteiger partial charge in [-0.15, -0.1) is 0 Å². The number of nitrogens with one attached hydrogen (secondary N) is 1. The molecule has 0 aliphatic heterocycles. The second-order valence-corrected chi connectivity index (χ2v) is 6.89. The van der Waals surface area contributed by atoms with Crippen LogP contribution < -0.4 is 10.1 Å². The Morgan fingerprint density at radius 2 is 1.64 bits per heavy atom. The van der Waals surface area contributed by atoms with Crippen molar-refractivity contribution in [3.8, 4) is 5.75 Å². The Bertz CT molecular complexity index is 660. The van der Waals surface area contributed by atoms with Gasteiger partial charge in [0.25, 0.3) is 0 Å². The van der Waals surface area contributed by atoms with Crippen LogP contribution in [-0.2, 0) is 4.79 Å². The van der Waals surface area contributed by atoms with Crippen molar-refractivity contribution in [2.75, 3.05) is 7.11 Å². The predicted octanol–water partition coefficient (Wildman–Crippen LogP) is 4.87. The van der Waals surface area contributed by atoms with E-state index in [4.69, 9.17) is 4.74 Å². The maximum Gasteiger partial charge on any atom is 0.221 e. The Hall–Kier alpha value is -2.29. The lowest BCUT2D eigenvalue weighted by Gasteiger charge is -2.24. The standard InChI is InChI=1S/C22H27NO2/c1-25-20-14-12-19(13-15-20)22(18-10-6-3-7-11-18)23-21(24)16-17-8-4-2-5-9-17/h3,6-7,10-15,17,22H,2,4-5,8-9,16H2,1H3,(H,23,24). The molecule has 0 radical (unpaired) electrons. The SMILES string of the molecule is COc1ccc(C(NC(=O)CC2CCCCC2)c2ccccc2)cc1. The molecule has 132 valence electrons. The Balaban J connectivity index is 1.75. The van der Waals surface area contributed by atoms with Crippen molar-refractivity contribution in [1.82, 2.24) is 5.32 Å². The molecule has 0 spiro atoms. The lowest BCUT2D eigenvalue weighted by atomic mass is 9.86. The zero-order valence-corrected chi connectivity index (χ0v) is 14.9. The van der Waals surface area contributed by atoms with Gasteiger partial charge in [0, 0.05) is 6.42 Å². The van der Waals surface area contributed by atoms with Crippen LogP contribution in [0.1, 0.15) is 55.7 Å². The van der Waals surface area contributed by atoms with E-state index in [1.165, 1.54) is 32.1 Å². The molecular formula is C22H27NO2. The summed E-state index contributed by atoms with van der Waals surface area (Å²) in [6, 6.07) is 18.0. The number of methoxy groups -OCH3 is 1. The van der Waals surface area contributed by atoms with Gasteiger partial charge >= 0.3 is 0 Å². The van der Waals surface area contributed by atoms with Crippen molar-refractivity contribution in [2.24, 2.45) is 5.92 Å². The molecule has 3 nitrogen and oxygen atoms in total. The fourth-order valence-corrected chi connectivity index (χ4v) is 3.67. The molecule has 1 amide bonds. The highest BCUT2D eigenvalue weighted by Crippen LogP contribution is 2.28. The molecule has 0 heterocycles. The van der Waals surface area contributed by atoms with Gasteiger partial charge in [-0.2, -0.15) is 0 Å². The topological polar surface area (TPSA) is 38.3 Å². The van der Waals surface area contributed by atoms with Gasteiger partial charge in [-0.3, -0.25) is 4.79 Å². The summed E-state index contributed by atoms with van der Waals surface area (Å²) < 4.78 is 5.25. The predicted molar refractivity (Wildman–Crippen MR) is 101 cm³/mol. The van der Waals surface area contributed by atoms with E-state index in [1.54, 1.807) is 7.11 Å². The highest BCUT2D eigenvalue weighted by molar-refractivity contribution is 5.77. The molecule has 2 aromatic carbocycles. The quantitative estimate of drug-likeness (QED) is 0.816. The largest absolute Gasteiger partial charge is 0.497 e. The number of amides is 1. The van der Waals surface area contributed by atoms with Crippen LogP contribution in [0, 0.1) is 5.92 Å². The van der Waals surface area contributed by atoms with Gasteiger partial charge in [-0.05, 0) is 42.0 Å². The summed E-state index contributed by atoms with van der Waals surface area (Å²) in [5, 5.41) is 3.25. The van der Waals surface area contributed by atoms with Gasteiger partial charge in [0.05, 0.1) is 13.2 Å². The zero-order chi connectivity index (χ0) is 17.5. The normalized spacial score (nSPS) is 16.2. The van der Waals surface area contributed by atoms with E-state index in [0.29, 0.717) is 12.3 Å². The maximum absolute atomic E-state index is 12.7. The van der Waals surface area contributed by atoms with Crippen LogP contribution in [0.3, 0.4) is 0 Å². The molecule has 1 aliphatic carbocycles. The van der Waals surface area contributed by atoms with Crippen LogP contribution in [0.4, 0.5) is 0 Å². The Morgan fingerprint density at radius 1 is 1.00 bits per heavy atom. The summed E-state index contributed by atoms with van der Waals surface area (Å²) in [5.74, 6) is 1.52. The van der Waals surface area contributed by atoms with E-state index in [0.717, 1.165) is 16.9 Å². The van der Waals surface area contributed by atoms with Crippen molar-refractivity contribution in [3.05, 3.63) is 65.7 Å². The summed E-state index contributed by atoms with van der Waals surface area (Å²) >= 11 is 0. The van der Waals surface area contributed by atoms with Crippen molar-refractivity contribution < 1.29 is 9.53 Å². The first-order chi connectivity index (χ1) is 12.3. The van der Waals surface area contributed by atoms with Crippen LogP contribution in [-0.4, -0.2) is 13.0 Å². The number of benzene rings is 2. The van der Waals surface area contributed by atoms with Gasteiger partial charge in [0.2, 0.25) is 5.91 Å². The molecule has 1 saturated carbocycles. The van der Waals surface area contributed by atoms with E-state index in [2.05, 4.69) is 17.4 Å². The average molecular weight is 337 g/mol. The van der Waals surface area contributed by atoms with E-state index >= 15 is 0 Å². The monoisotopic (exact) mass is 337 g/mol. The summed E-state index contributed by atoms with van der Waals surface area (Å²) in [7, 11) is 1.66. The zero-order valence-electron chi connectivity index (χ0n) is 14.9. The minimum atomic E-state index is -0.122. The van der Waals surface area contributed by atoms with Crippen molar-refractivity contribution in [2.45, 2.75) is 44.6 Å². The van der Waals surface area contributed by atoms with E-state index < -0.39 is 0 Å². The van der Waals surface area contributed by atoms with Crippen molar-refractivity contribution in [3.63, 3.8) is 0 Å². The van der Waals surface area contributed by atoms with Crippen molar-refractivity contribution >= 4 is 5.91 Å². The Kier molecular flexibility index (Phi) is 6.10. The Labute approximate surface area is 150 Å². The minimum Gasteiger partial charge on any atom is -0.497 e. The molecule has 1 atom stereocenters. The summed E-state index contributed by atoms with van der Waals surface area (Å²) in [4.78, 5) is 12.7. The number of rotatable bonds is 6. The molecule has 25 heavy (non-hydrogen) atoms. The smallest absolute Gasteiger partial charge is 0.221 e. The first-order valence-corrected chi connectivity index (χ1v) is 9.24. The highest BCUT2D eigenvalue weighted by Gasteiger charge is 2.21. The molecule has 3 heteroatoms. The molecule has 0 saturated heterocycles. The maximum atomic E-state index is 12.7. The van der Waals surface area contributed by atoms with Gasteiger partial charge < -0.3 is 10.1 Å². The van der Waals surface area contributed by atoms with Crippen LogP contribution >= 0.6 is 0 Å². The second-order valence-electron chi connectivity index (χ2n) is 6.89. The third-order valence-corrected chi connectivity index (χ3v) is 5.09. The number of carbonyl (C=O) groups is 1. The van der Waals surface area contributed by atoms with Gasteiger partial charge in [-0.25, -0.2) is 0 Å². The lowest BCUT2D eigenvalue weighted by molar-refractivity contribution is -0.122. The fraction of sp³-hybridized carbons (Fsp3) is 0.409. The lowest BCUT2D eigenvalue weighted by Crippen LogP contribution is -2.31. The second kappa shape index (κ2) is 8.70. The molecule has 1 N–H and O–H groups in total. The minimum absolute atomic E-state index is 0.122. The number of carbonyl (C=O) groups excluding carboxylic acids is 1. The molecule has 1 fully saturated rings. The average Bonchev–Trinajstić information content (AvgIpc) is 2.68. The molecule has 0 bridgehead atoms. The molecule has 1 unspecified atom stereocenters. The molecule has 3 rings (SSSR count). The van der Waals surface area contributed by atoms with Gasteiger partial charge in [-0.1, -0.05) is 61.7 Å². The van der Waals surface area contributed by atoms with E-state index in [-0.39, 0.29) is 11.9 Å². The van der Waals surface area contributed by atoms with Crippen LogP contribution in [0.25, 0.3) is 0 Å². The highest BCUT2D eigenvalue weighted by atomic mass is 16.5. The van der Waals surface area contributed by atoms with E-state index in [9.17, 15) is 4.79 Å². The van der Waals surface area contributed by atoms with E-state index in [1.807, 2.05) is 42.5 Å². The summed E-state index contributed by atoms with van der Waals surface area (Å²) in [5.41, 5.74) is 2.17. The third-order valence-electron chi connectivity index (χ3n) is 5.09. The molecule has 1 aliphatic rings. The third kappa shape index (κ3) is 4.85. The van der Waals surface area contributed by atoms with Crippen LogP contribution in [0.15, 0.2) is 54.6 Å². The Morgan fingerprint density at radius 3 is 2.28 bits per heavy atom. The first-order valence-electron chi connectivity index (χ1n) is 9.24. The first kappa shape index (κ1) is 17.5. The van der Waals surface area contributed by atoms with Crippen LogP contribution in [0.2, 0.25) is 0 Å². The number of hydrogen-bond acceptors (Lipinski definition) is 2. The fourth-order valence-electron chi connectivity index (χ4n) is 3.67. The molecule has 2 aromatic rings. The molecule has 0 aromatic heterocycles. The van der Waals surface area contributed by atoms with Gasteiger partial charge in [0.15, 0.2) is 0 Å². The van der Waals surface area contributed by atoms with Crippen LogP contribution in [0.5, 0.6) is 5.75 Å². The molecular weight excluding hydrogens is 310 g/mol. The van der Waals surface area contributed by atoms with Gasteiger partial charge in [0.1, 0.15) is 5.75 Å². The van der Waals surface area contributed by atoms with Crippen molar-refractivity contribution in [1.29, 1.82) is 0 Å². The summed E-state index contributed by atoms with van der Waals surface area (Å²) in [6.07, 6.45) is 6.85. The number of hydrogen-bond donors (Lipinski definition) is 1. The summed E-state index contributed by atoms with van der Waals surface area (Å²) in [6.45, 7) is 0. The number of ether oxygens (including phenoxy) is 1.